The molecule has 2 nitrogen and oxygen atoms in total. The molecule has 0 bridgehead atoms. The van der Waals surface area contributed by atoms with Gasteiger partial charge < -0.3 is 10.1 Å². The highest BCUT2D eigenvalue weighted by atomic mass is 19.4. The first kappa shape index (κ1) is 14.8. The van der Waals surface area contributed by atoms with Crippen LogP contribution in [0, 0.1) is 5.92 Å². The van der Waals surface area contributed by atoms with Crippen LogP contribution in [0.25, 0.3) is 0 Å². The maximum Gasteiger partial charge on any atom is 0.417 e. The Hall–Kier alpha value is -0.290. The van der Waals surface area contributed by atoms with Gasteiger partial charge in [0.2, 0.25) is 0 Å². The molecule has 0 aromatic heterocycles. The maximum atomic E-state index is 12.9. The minimum atomic E-state index is -4.25. The fourth-order valence-electron chi connectivity index (χ4n) is 2.60. The van der Waals surface area contributed by atoms with Crippen molar-refractivity contribution >= 4 is 0 Å². The Balaban J connectivity index is 2.54. The normalized spacial score (nSPS) is 32.5. The van der Waals surface area contributed by atoms with Crippen LogP contribution in [0.3, 0.4) is 0 Å². The standard InChI is InChI=1S/C12H22F3NO/c1-9(16-2)8-10-4-6-11(17-3,7-5-10)12(13,14)15/h9-10,16H,4-8H2,1-3H3. The molecule has 1 aliphatic carbocycles. The Kier molecular flexibility index (Phi) is 4.84. The van der Waals surface area contributed by atoms with Crippen LogP contribution in [0.2, 0.25) is 0 Å². The van der Waals surface area contributed by atoms with E-state index in [4.69, 9.17) is 4.74 Å². The lowest BCUT2D eigenvalue weighted by Gasteiger charge is -2.40. The van der Waals surface area contributed by atoms with Crippen LogP contribution in [-0.4, -0.2) is 32.0 Å². The summed E-state index contributed by atoms with van der Waals surface area (Å²) in [5.74, 6) is 0.378. The van der Waals surface area contributed by atoms with Crippen LogP contribution in [0.15, 0.2) is 0 Å². The van der Waals surface area contributed by atoms with Gasteiger partial charge in [-0.05, 0) is 52.0 Å². The molecule has 0 amide bonds. The van der Waals surface area contributed by atoms with Gasteiger partial charge in [0, 0.05) is 13.2 Å². The van der Waals surface area contributed by atoms with Crippen molar-refractivity contribution in [3.8, 4) is 0 Å². The summed E-state index contributed by atoms with van der Waals surface area (Å²) in [7, 11) is 3.05. The second-order valence-corrected chi connectivity index (χ2v) is 5.06. The minimum absolute atomic E-state index is 0.0914. The fourth-order valence-corrected chi connectivity index (χ4v) is 2.60. The third-order valence-electron chi connectivity index (χ3n) is 4.00. The van der Waals surface area contributed by atoms with Crippen LogP contribution in [0.5, 0.6) is 0 Å². The topological polar surface area (TPSA) is 21.3 Å². The van der Waals surface area contributed by atoms with Crippen molar-refractivity contribution in [2.24, 2.45) is 5.92 Å². The molecule has 1 aliphatic rings. The Morgan fingerprint density at radius 1 is 1.35 bits per heavy atom. The van der Waals surface area contributed by atoms with Gasteiger partial charge in [0.15, 0.2) is 5.60 Å². The lowest BCUT2D eigenvalue weighted by atomic mass is 9.76. The van der Waals surface area contributed by atoms with E-state index in [2.05, 4.69) is 12.2 Å². The molecular weight excluding hydrogens is 231 g/mol. The van der Waals surface area contributed by atoms with Gasteiger partial charge in [0.25, 0.3) is 0 Å². The lowest BCUT2D eigenvalue weighted by molar-refractivity contribution is -0.281. The smallest absolute Gasteiger partial charge is 0.369 e. The van der Waals surface area contributed by atoms with Gasteiger partial charge in [-0.25, -0.2) is 0 Å². The first-order chi connectivity index (χ1) is 7.84. The van der Waals surface area contributed by atoms with Gasteiger partial charge in [0.05, 0.1) is 0 Å². The summed E-state index contributed by atoms with van der Waals surface area (Å²) in [6, 6.07) is 0.362. The Morgan fingerprint density at radius 3 is 2.24 bits per heavy atom. The molecule has 5 heteroatoms. The van der Waals surface area contributed by atoms with Crippen LogP contribution in [0.4, 0.5) is 13.2 Å². The molecule has 1 rings (SSSR count). The predicted octanol–water partition coefficient (Wildman–Crippen LogP) is 3.12. The minimum Gasteiger partial charge on any atom is -0.369 e. The fraction of sp³-hybridized carbons (Fsp3) is 1.00. The highest BCUT2D eigenvalue weighted by Gasteiger charge is 2.56. The van der Waals surface area contributed by atoms with Gasteiger partial charge in [0.1, 0.15) is 0 Å². The highest BCUT2D eigenvalue weighted by molar-refractivity contribution is 4.93. The molecule has 0 spiro atoms. The summed E-state index contributed by atoms with van der Waals surface area (Å²) in [6.07, 6.45) is -1.93. The van der Waals surface area contributed by atoms with Crippen molar-refractivity contribution in [1.82, 2.24) is 5.32 Å². The number of rotatable bonds is 4. The molecule has 1 atom stereocenters. The molecule has 102 valence electrons. The molecule has 1 unspecified atom stereocenters. The molecule has 0 aliphatic heterocycles. The van der Waals surface area contributed by atoms with Crippen LogP contribution < -0.4 is 5.32 Å². The molecule has 0 aromatic carbocycles. The van der Waals surface area contributed by atoms with Crippen molar-refractivity contribution in [2.75, 3.05) is 14.2 Å². The van der Waals surface area contributed by atoms with Crippen LogP contribution in [0.1, 0.15) is 39.0 Å². The van der Waals surface area contributed by atoms with Crippen molar-refractivity contribution in [1.29, 1.82) is 0 Å². The third-order valence-corrected chi connectivity index (χ3v) is 4.00. The largest absolute Gasteiger partial charge is 0.417 e. The van der Waals surface area contributed by atoms with Gasteiger partial charge in [-0.3, -0.25) is 0 Å². The summed E-state index contributed by atoms with van der Waals surface area (Å²) in [5.41, 5.74) is -1.90. The monoisotopic (exact) mass is 253 g/mol. The SMILES string of the molecule is CNC(C)CC1CCC(OC)(C(F)(F)F)CC1. The maximum absolute atomic E-state index is 12.9. The zero-order chi connectivity index (χ0) is 13.1. The summed E-state index contributed by atoms with van der Waals surface area (Å²) in [6.45, 7) is 2.06. The molecule has 1 saturated carbocycles. The first-order valence-corrected chi connectivity index (χ1v) is 6.14. The number of alkyl halides is 3. The molecule has 17 heavy (non-hydrogen) atoms. The average Bonchev–Trinajstić information content (AvgIpc) is 2.28. The zero-order valence-corrected chi connectivity index (χ0v) is 10.7. The van der Waals surface area contributed by atoms with Crippen LogP contribution in [-0.2, 0) is 4.74 Å². The van der Waals surface area contributed by atoms with Gasteiger partial charge >= 0.3 is 6.18 Å². The zero-order valence-electron chi connectivity index (χ0n) is 10.7. The molecule has 0 radical (unpaired) electrons. The van der Waals surface area contributed by atoms with Gasteiger partial charge in [-0.15, -0.1) is 0 Å². The van der Waals surface area contributed by atoms with E-state index in [0.717, 1.165) is 6.42 Å². The van der Waals surface area contributed by atoms with Crippen molar-refractivity contribution in [3.05, 3.63) is 0 Å². The summed E-state index contributed by atoms with van der Waals surface area (Å²) in [5, 5.41) is 3.12. The van der Waals surface area contributed by atoms with E-state index < -0.39 is 11.8 Å². The molecule has 0 aromatic rings. The van der Waals surface area contributed by atoms with E-state index in [0.29, 0.717) is 24.8 Å². The quantitative estimate of drug-likeness (QED) is 0.831. The number of methoxy groups -OCH3 is 1. The Labute approximate surface area is 101 Å². The molecule has 1 fully saturated rings. The number of ether oxygens (including phenoxy) is 1. The molecular formula is C12H22F3NO. The van der Waals surface area contributed by atoms with Crippen molar-refractivity contribution in [3.63, 3.8) is 0 Å². The number of nitrogens with one attached hydrogen (secondary N) is 1. The van der Waals surface area contributed by atoms with E-state index >= 15 is 0 Å². The van der Waals surface area contributed by atoms with Crippen LogP contribution >= 0.6 is 0 Å². The molecule has 1 N–H and O–H groups in total. The number of halogens is 3. The number of hydrogen-bond donors (Lipinski definition) is 1. The van der Waals surface area contributed by atoms with E-state index in [1.165, 1.54) is 7.11 Å². The van der Waals surface area contributed by atoms with Crippen molar-refractivity contribution in [2.45, 2.75) is 56.8 Å². The molecule has 0 heterocycles. The van der Waals surface area contributed by atoms with E-state index in [9.17, 15) is 13.2 Å². The summed E-state index contributed by atoms with van der Waals surface area (Å²) in [4.78, 5) is 0. The Bertz CT molecular complexity index is 234. The van der Waals surface area contributed by atoms with E-state index in [1.807, 2.05) is 7.05 Å². The van der Waals surface area contributed by atoms with E-state index in [1.54, 1.807) is 0 Å². The first-order valence-electron chi connectivity index (χ1n) is 6.14. The highest BCUT2D eigenvalue weighted by Crippen LogP contribution is 2.46. The second-order valence-electron chi connectivity index (χ2n) is 5.06. The van der Waals surface area contributed by atoms with E-state index in [-0.39, 0.29) is 12.8 Å². The third kappa shape index (κ3) is 3.35. The lowest BCUT2D eigenvalue weighted by Crippen LogP contribution is -2.49. The van der Waals surface area contributed by atoms with Crippen molar-refractivity contribution < 1.29 is 17.9 Å². The molecule has 0 saturated heterocycles. The van der Waals surface area contributed by atoms with Gasteiger partial charge in [-0.1, -0.05) is 0 Å². The summed E-state index contributed by atoms with van der Waals surface area (Å²) < 4.78 is 43.5. The van der Waals surface area contributed by atoms with Gasteiger partial charge in [-0.2, -0.15) is 13.2 Å². The summed E-state index contributed by atoms with van der Waals surface area (Å²) >= 11 is 0. The number of hydrogen-bond acceptors (Lipinski definition) is 2. The average molecular weight is 253 g/mol. The Morgan fingerprint density at radius 2 is 1.88 bits per heavy atom. The predicted molar refractivity (Wildman–Crippen MR) is 60.9 cm³/mol. The second kappa shape index (κ2) is 5.57.